The fourth-order valence-corrected chi connectivity index (χ4v) is 18.6. The number of para-hydroxylation sites is 4. The van der Waals surface area contributed by atoms with Crippen LogP contribution >= 0.6 is 11.6 Å². The molecule has 0 saturated carbocycles. The smallest absolute Gasteiger partial charge is 0.267 e. The second-order valence-corrected chi connectivity index (χ2v) is 35.6. The molecule has 4 atom stereocenters. The predicted molar refractivity (Wildman–Crippen MR) is 565 cm³/mol. The van der Waals surface area contributed by atoms with Gasteiger partial charge in [-0.05, 0) is 230 Å². The van der Waals surface area contributed by atoms with Crippen LogP contribution in [-0.2, 0) is 14.1 Å². The van der Waals surface area contributed by atoms with Gasteiger partial charge in [-0.25, -0.2) is 28.0 Å². The lowest BCUT2D eigenvalue weighted by Gasteiger charge is -2.21. The number of benzene rings is 8. The number of amides is 4. The Kier molecular flexibility index (Phi) is 26.9. The Balaban J connectivity index is 0.000000123. The first-order valence-corrected chi connectivity index (χ1v) is 47.4. The standard InChI is InChI=1S/2C31H25N7O2.C27H24N4O2.C26H21ClN4O2/c1-20-27(26-14-7-8-18-37(26)34-20)30(39)32-21(2)29-33-25-13-9-10-22(15-16-23-17-19-36(3)35-23)28(25)31(40)38(29)24-11-5-4-6-12-24;1-20-27(26-14-7-8-17-37(26)35-20)30(39)33-21(2)29-34-25-13-9-10-23(16-15-22-18-32-36(3)19-22)28(25)31(40)38(29)24-11-5-4-6-12-24;1-17-10-9-11-20-16-23(31(27(33)24(17)20)21-12-5-4-6-13-21)18(2)28-26(32)25-19(3)29-30-15-8-7-14-22(25)30;1-16(28-25(32)23-17(2)29-30-14-7-6-13-21(23)30)22-15-18-9-8-12-20(27)24(18)26(33)31(22)19-10-4-3-5-11-19/h4-14,17-19,21H,1-3H3,(H,32,39);4-14,17-19,21H,1-3H3,(H,33,39);4-16,18H,1-3H3,(H,28,32);3-16H,1-2H3,(H,28,32)/t2*21-;18-;16-/m0000/s1. The van der Waals surface area contributed by atoms with Crippen LogP contribution in [0.5, 0.6) is 0 Å². The molecule has 14 heterocycles. The number of pyridine rings is 6. The molecule has 0 aliphatic carbocycles. The van der Waals surface area contributed by atoms with Crippen molar-refractivity contribution in [2.45, 2.75) is 86.5 Å². The number of carbonyl (C=O) groups is 4. The van der Waals surface area contributed by atoms with Gasteiger partial charge in [-0.1, -0.05) is 169 Å². The molecule has 0 spiro atoms. The summed E-state index contributed by atoms with van der Waals surface area (Å²) >= 11 is 6.39. The van der Waals surface area contributed by atoms with E-state index in [1.165, 1.54) is 0 Å². The predicted octanol–water partition coefficient (Wildman–Crippen LogP) is 17.8. The van der Waals surface area contributed by atoms with Crippen molar-refractivity contribution in [2.75, 3.05) is 0 Å². The summed E-state index contributed by atoms with van der Waals surface area (Å²) in [7, 11) is 3.65. The fraction of sp³-hybridized carbons (Fsp3) is 0.130. The number of fused-ring (bicyclic) bond motifs is 8. The molecular formula is C115H95ClN22O8. The van der Waals surface area contributed by atoms with Crippen LogP contribution < -0.4 is 43.5 Å². The van der Waals surface area contributed by atoms with Crippen molar-refractivity contribution in [3.63, 3.8) is 0 Å². The molecule has 0 bridgehead atoms. The molecule has 4 amide bonds. The number of halogens is 1. The van der Waals surface area contributed by atoms with Crippen LogP contribution in [-0.4, -0.2) is 110 Å². The van der Waals surface area contributed by atoms with Crippen LogP contribution in [0.25, 0.3) is 88.2 Å². The molecule has 0 aliphatic rings. The Hall–Kier alpha value is -19.1. The molecule has 22 aromatic rings. The van der Waals surface area contributed by atoms with E-state index in [-0.39, 0.29) is 45.9 Å². The zero-order chi connectivity index (χ0) is 102. The molecule has 0 radical (unpaired) electrons. The number of carbonyl (C=O) groups excluding carboxylic acids is 4. The molecule has 0 unspecified atom stereocenters. The number of nitrogens with one attached hydrogen (secondary N) is 4. The van der Waals surface area contributed by atoms with Gasteiger partial charge in [0.15, 0.2) is 0 Å². The lowest BCUT2D eigenvalue weighted by atomic mass is 10.0. The van der Waals surface area contributed by atoms with Gasteiger partial charge in [-0.15, -0.1) is 0 Å². The Labute approximate surface area is 840 Å². The van der Waals surface area contributed by atoms with Crippen LogP contribution in [0.15, 0.2) is 348 Å². The van der Waals surface area contributed by atoms with Gasteiger partial charge in [-0.2, -0.15) is 30.6 Å². The summed E-state index contributed by atoms with van der Waals surface area (Å²) in [5, 5.41) is 42.4. The fourth-order valence-electron chi connectivity index (χ4n) is 18.3. The molecule has 0 saturated heterocycles. The van der Waals surface area contributed by atoms with Crippen LogP contribution in [0.4, 0.5) is 0 Å². The van der Waals surface area contributed by atoms with E-state index in [1.807, 2.05) is 348 Å². The van der Waals surface area contributed by atoms with Gasteiger partial charge < -0.3 is 21.3 Å². The third-order valence-corrected chi connectivity index (χ3v) is 25.4. The van der Waals surface area contributed by atoms with Crippen LogP contribution in [0.3, 0.4) is 0 Å². The van der Waals surface area contributed by atoms with Crippen molar-refractivity contribution < 1.29 is 19.2 Å². The second-order valence-electron chi connectivity index (χ2n) is 35.1. The third kappa shape index (κ3) is 19.1. The molecule has 14 aromatic heterocycles. The SMILES string of the molecule is Cc1nn2ccccc2c1C(=O)N[C@@H](C)c1cc2cccc(C)c2c(=O)n1-c1ccccc1.Cc1nn2ccccc2c1C(=O)N[C@@H](C)c1cc2cccc(Cl)c2c(=O)n1-c1ccccc1.Cc1nn2ccccc2c1C(=O)N[C@@H](C)c1nc2cccc(C#Cc3ccn(C)n3)c2c(=O)n1-c1ccccc1.Cc1nn2ccccc2c1C(=O)N[C@@H](C)c1nc2cccc(C#Cc3cnn(C)c3)c2c(=O)n1-c1ccccc1. The van der Waals surface area contributed by atoms with Crippen LogP contribution in [0, 0.1) is 58.3 Å². The van der Waals surface area contributed by atoms with Gasteiger partial charge in [-0.3, -0.25) is 66.0 Å². The molecule has 30 nitrogen and oxygen atoms in total. The average Bonchev–Trinajstić information content (AvgIpc) is 0.994. The van der Waals surface area contributed by atoms with Crippen LogP contribution in [0.2, 0.25) is 5.02 Å². The van der Waals surface area contributed by atoms with E-state index in [9.17, 15) is 38.4 Å². The summed E-state index contributed by atoms with van der Waals surface area (Å²) in [6.45, 7) is 16.6. The van der Waals surface area contributed by atoms with E-state index in [1.54, 1.807) is 102 Å². The molecule has 4 N–H and O–H groups in total. The number of rotatable bonds is 16. The van der Waals surface area contributed by atoms with Crippen LogP contribution in [0.1, 0.15) is 167 Å². The van der Waals surface area contributed by atoms with E-state index in [2.05, 4.69) is 75.5 Å². The van der Waals surface area contributed by atoms with Crippen molar-refractivity contribution >= 4 is 101 Å². The van der Waals surface area contributed by atoms with E-state index in [4.69, 9.17) is 21.6 Å². The van der Waals surface area contributed by atoms with E-state index < -0.39 is 24.2 Å². The Morgan fingerprint density at radius 2 is 0.671 bits per heavy atom. The number of aryl methyl sites for hydroxylation is 7. The number of nitrogens with zero attached hydrogens (tertiary/aromatic N) is 18. The maximum absolute atomic E-state index is 14.1. The Morgan fingerprint density at radius 1 is 0.329 bits per heavy atom. The molecule has 22 rings (SSSR count). The third-order valence-electron chi connectivity index (χ3n) is 25.1. The van der Waals surface area contributed by atoms with Crippen molar-refractivity contribution in [1.82, 2.24) is 108 Å². The van der Waals surface area contributed by atoms with Crippen molar-refractivity contribution in [3.05, 3.63) is 471 Å². The van der Waals surface area contributed by atoms with Gasteiger partial charge in [0.25, 0.3) is 45.9 Å². The van der Waals surface area contributed by atoms with E-state index >= 15 is 0 Å². The summed E-state index contributed by atoms with van der Waals surface area (Å²) in [5.74, 6) is 12.1. The van der Waals surface area contributed by atoms with Crippen molar-refractivity contribution in [2.24, 2.45) is 14.1 Å². The summed E-state index contributed by atoms with van der Waals surface area (Å²) in [5.41, 5.74) is 15.0. The number of hydrogen-bond donors (Lipinski definition) is 4. The highest BCUT2D eigenvalue weighted by molar-refractivity contribution is 6.35. The summed E-state index contributed by atoms with van der Waals surface area (Å²) < 4.78 is 16.5. The lowest BCUT2D eigenvalue weighted by Crippen LogP contribution is -2.33. The molecule has 31 heteroatoms. The maximum Gasteiger partial charge on any atom is 0.267 e. The second kappa shape index (κ2) is 41.0. The molecule has 0 fully saturated rings. The zero-order valence-electron chi connectivity index (χ0n) is 81.2. The normalized spacial score (nSPS) is 12.0. The minimum atomic E-state index is -0.605. The van der Waals surface area contributed by atoms with Gasteiger partial charge >= 0.3 is 0 Å². The highest BCUT2D eigenvalue weighted by Gasteiger charge is 2.30. The summed E-state index contributed by atoms with van der Waals surface area (Å²) in [6.07, 6.45) is 12.5. The van der Waals surface area contributed by atoms with Gasteiger partial charge in [0, 0.05) is 85.2 Å². The first kappa shape index (κ1) is 95.8. The highest BCUT2D eigenvalue weighted by Crippen LogP contribution is 2.32. The molecule has 146 heavy (non-hydrogen) atoms. The highest BCUT2D eigenvalue weighted by atomic mass is 35.5. The first-order chi connectivity index (χ1) is 70.7. The van der Waals surface area contributed by atoms with Gasteiger partial charge in [0.05, 0.1) is 152 Å². The molecule has 0 aliphatic heterocycles. The Bertz CT molecular complexity index is 8780. The van der Waals surface area contributed by atoms with Gasteiger partial charge in [0.1, 0.15) is 17.3 Å². The quantitative estimate of drug-likeness (QED) is 0.0653. The van der Waals surface area contributed by atoms with Crippen molar-refractivity contribution in [1.29, 1.82) is 0 Å². The van der Waals surface area contributed by atoms with Crippen molar-refractivity contribution in [3.8, 4) is 46.4 Å². The average molecular weight is 1950 g/mol. The van der Waals surface area contributed by atoms with Gasteiger partial charge in [0.2, 0.25) is 0 Å². The first-order valence-electron chi connectivity index (χ1n) is 47.1. The Morgan fingerprint density at radius 3 is 1.05 bits per heavy atom. The summed E-state index contributed by atoms with van der Waals surface area (Å²) in [4.78, 5) is 119. The number of aromatic nitrogens is 18. The molecule has 8 aromatic carbocycles. The topological polar surface area (TPSA) is 335 Å². The van der Waals surface area contributed by atoms with E-state index in [0.29, 0.717) is 151 Å². The monoisotopic (exact) mass is 1950 g/mol. The maximum atomic E-state index is 14.1. The minimum absolute atomic E-state index is 0.0972. The molecule has 720 valence electrons. The zero-order valence-corrected chi connectivity index (χ0v) is 81.9. The minimum Gasteiger partial charge on any atom is -0.344 e. The summed E-state index contributed by atoms with van der Waals surface area (Å²) in [6, 6.07) is 85.4. The lowest BCUT2D eigenvalue weighted by molar-refractivity contribution is 0.0930. The van der Waals surface area contributed by atoms with E-state index in [0.717, 1.165) is 38.6 Å². The molecular weight excluding hydrogens is 1850 g/mol. The number of hydrogen-bond acceptors (Lipinski definition) is 16. The largest absolute Gasteiger partial charge is 0.344 e.